The number of anilines is 1. The van der Waals surface area contributed by atoms with Gasteiger partial charge in [0.2, 0.25) is 16.2 Å². The molecule has 3 aromatic rings. The average Bonchev–Trinajstić information content (AvgIpc) is 3.23. The molecule has 0 saturated carbocycles. The SMILES string of the molecule is CC(C)(CC(=O)N[C@@H]1CSc2cc(F)ccc2N(Cc2ccc(C3=CC=CC(=S(=O)=O)C3NC(=O)c3ccccc3)cc2)C1=O)NC[C@H](O)CO. The number of thioether (sulfide) groups is 1. The molecule has 0 bridgehead atoms. The number of amides is 3. The van der Waals surface area contributed by atoms with E-state index in [2.05, 4.69) is 16.0 Å². The fourth-order valence-corrected chi connectivity index (χ4v) is 7.42. The lowest BCUT2D eigenvalue weighted by Crippen LogP contribution is -2.52. The van der Waals surface area contributed by atoms with Gasteiger partial charge in [-0.2, -0.15) is 8.42 Å². The Bertz CT molecular complexity index is 1980. The Kier molecular flexibility index (Phi) is 12.3. The maximum absolute atomic E-state index is 14.3. The van der Waals surface area contributed by atoms with Crippen LogP contribution in [0.3, 0.4) is 0 Å². The van der Waals surface area contributed by atoms with Crippen LogP contribution in [0.5, 0.6) is 0 Å². The summed E-state index contributed by atoms with van der Waals surface area (Å²) in [5, 5.41) is 27.5. The molecule has 3 amide bonds. The molecule has 0 fully saturated rings. The second-order valence-electron chi connectivity index (χ2n) is 12.8. The van der Waals surface area contributed by atoms with E-state index in [-0.39, 0.29) is 36.0 Å². The number of fused-ring (bicyclic) bond motifs is 1. The van der Waals surface area contributed by atoms with Gasteiger partial charge >= 0.3 is 0 Å². The van der Waals surface area contributed by atoms with Gasteiger partial charge in [0.05, 0.1) is 35.8 Å². The summed E-state index contributed by atoms with van der Waals surface area (Å²) in [5.74, 6) is -1.50. The smallest absolute Gasteiger partial charge is 0.252 e. The Balaban J connectivity index is 1.36. The molecule has 0 spiro atoms. The Hall–Kier alpha value is -4.60. The van der Waals surface area contributed by atoms with Gasteiger partial charge in [-0.25, -0.2) is 4.39 Å². The second kappa shape index (κ2) is 16.6. The third-order valence-corrected chi connectivity index (χ3v) is 10.3. The number of rotatable bonds is 12. The number of benzene rings is 3. The fraction of sp³-hybridized carbons (Fsp3) is 0.297. The standard InChI is InChI=1S/C37H39FN4O7S2/c1-37(2,39-19-27(44)21-43)18-33(45)40-29-22-50-31-17-26(38)15-16-30(31)42(36(29)47)20-23-11-13-24(14-12-23)28-9-6-10-32(51(48)49)34(28)41-35(46)25-7-4-3-5-8-25/h3-17,27,29,34,39,43-44H,18-22H2,1-2H3,(H,40,45)(H,41,46)/t27-,29+,34?/m0/s1. The molecular formula is C37H39FN4O7S2. The summed E-state index contributed by atoms with van der Waals surface area (Å²) < 4.78 is 38.7. The largest absolute Gasteiger partial charge is 0.394 e. The van der Waals surface area contributed by atoms with Crippen LogP contribution in [0.1, 0.15) is 41.8 Å². The maximum Gasteiger partial charge on any atom is 0.252 e. The van der Waals surface area contributed by atoms with Gasteiger partial charge in [-0.3, -0.25) is 14.4 Å². The first-order valence-electron chi connectivity index (χ1n) is 16.2. The minimum atomic E-state index is -2.61. The van der Waals surface area contributed by atoms with Crippen LogP contribution in [-0.2, 0) is 26.4 Å². The van der Waals surface area contributed by atoms with Gasteiger partial charge in [-0.05, 0) is 67.0 Å². The highest BCUT2D eigenvalue weighted by Crippen LogP contribution is 2.36. The molecule has 1 heterocycles. The molecule has 2 aliphatic rings. The Morgan fingerprint density at radius 1 is 1.06 bits per heavy atom. The molecule has 1 aliphatic carbocycles. The molecule has 1 unspecified atom stereocenters. The van der Waals surface area contributed by atoms with Crippen molar-refractivity contribution in [2.75, 3.05) is 23.8 Å². The number of aliphatic hydroxyl groups is 2. The predicted molar refractivity (Wildman–Crippen MR) is 195 cm³/mol. The van der Waals surface area contributed by atoms with E-state index in [9.17, 15) is 32.3 Å². The number of carbonyl (C=O) groups is 3. The second-order valence-corrected chi connectivity index (χ2v) is 14.8. The van der Waals surface area contributed by atoms with E-state index < -0.39 is 58.3 Å². The summed E-state index contributed by atoms with van der Waals surface area (Å²) in [6.07, 6.45) is 3.79. The molecule has 5 rings (SSSR count). The van der Waals surface area contributed by atoms with Crippen LogP contribution in [0, 0.1) is 5.82 Å². The zero-order valence-corrected chi connectivity index (χ0v) is 29.6. The van der Waals surface area contributed by atoms with Gasteiger partial charge in [0.25, 0.3) is 11.8 Å². The lowest BCUT2D eigenvalue weighted by Gasteiger charge is -2.29. The van der Waals surface area contributed by atoms with E-state index in [0.717, 1.165) is 0 Å². The lowest BCUT2D eigenvalue weighted by atomic mass is 9.91. The van der Waals surface area contributed by atoms with Gasteiger partial charge in [0.1, 0.15) is 11.9 Å². The summed E-state index contributed by atoms with van der Waals surface area (Å²) in [7, 11) is -2.61. The van der Waals surface area contributed by atoms with Crippen LogP contribution in [0.15, 0.2) is 95.9 Å². The quantitative estimate of drug-likeness (QED) is 0.176. The molecule has 0 saturated heterocycles. The van der Waals surface area contributed by atoms with Crippen molar-refractivity contribution in [3.05, 3.63) is 114 Å². The number of carbonyl (C=O) groups excluding carboxylic acids is 3. The monoisotopic (exact) mass is 734 g/mol. The fourth-order valence-electron chi connectivity index (χ4n) is 5.76. The number of nitrogens with one attached hydrogen (secondary N) is 3. The zero-order chi connectivity index (χ0) is 36.7. The molecule has 0 radical (unpaired) electrons. The molecule has 3 aromatic carbocycles. The van der Waals surface area contributed by atoms with Gasteiger partial charge in [-0.1, -0.05) is 54.6 Å². The highest BCUT2D eigenvalue weighted by atomic mass is 32.2. The number of aliphatic hydroxyl groups excluding tert-OH is 2. The molecule has 268 valence electrons. The van der Waals surface area contributed by atoms with E-state index >= 15 is 0 Å². The Labute approximate surface area is 301 Å². The Morgan fingerprint density at radius 3 is 2.47 bits per heavy atom. The average molecular weight is 735 g/mol. The van der Waals surface area contributed by atoms with Crippen LogP contribution >= 0.6 is 11.8 Å². The van der Waals surface area contributed by atoms with Gasteiger partial charge in [0.15, 0.2) is 0 Å². The summed E-state index contributed by atoms with van der Waals surface area (Å²) in [4.78, 5) is 42.3. The van der Waals surface area contributed by atoms with Crippen LogP contribution in [0.25, 0.3) is 5.57 Å². The van der Waals surface area contributed by atoms with Crippen molar-refractivity contribution in [3.63, 3.8) is 0 Å². The first-order valence-corrected chi connectivity index (χ1v) is 18.3. The van der Waals surface area contributed by atoms with E-state index in [1.807, 2.05) is 0 Å². The molecule has 0 aromatic heterocycles. The summed E-state index contributed by atoms with van der Waals surface area (Å²) in [5.41, 5.74) is 2.04. The number of nitrogens with zero attached hydrogens (tertiary/aromatic N) is 1. The van der Waals surface area contributed by atoms with Crippen molar-refractivity contribution in [1.82, 2.24) is 16.0 Å². The normalized spacial score (nSPS) is 18.0. The third kappa shape index (κ3) is 9.60. The van der Waals surface area contributed by atoms with Gasteiger partial charge < -0.3 is 31.1 Å². The maximum atomic E-state index is 14.3. The topological polar surface area (TPSA) is 165 Å². The van der Waals surface area contributed by atoms with Crippen LogP contribution in [-0.4, -0.2) is 83.8 Å². The minimum Gasteiger partial charge on any atom is -0.394 e. The molecule has 11 nitrogen and oxygen atoms in total. The number of hydrogen-bond donors (Lipinski definition) is 5. The van der Waals surface area contributed by atoms with Crippen molar-refractivity contribution < 1.29 is 37.4 Å². The number of hydrogen-bond acceptors (Lipinski definition) is 9. The Morgan fingerprint density at radius 2 is 1.78 bits per heavy atom. The third-order valence-electron chi connectivity index (χ3n) is 8.41. The van der Waals surface area contributed by atoms with E-state index in [0.29, 0.717) is 32.8 Å². The van der Waals surface area contributed by atoms with Crippen molar-refractivity contribution in [1.29, 1.82) is 0 Å². The number of allylic oxidation sites excluding steroid dienone is 2. The minimum absolute atomic E-state index is 0.00682. The molecule has 3 atom stereocenters. The summed E-state index contributed by atoms with van der Waals surface area (Å²) >= 11 is 1.26. The zero-order valence-electron chi connectivity index (χ0n) is 28.0. The van der Waals surface area contributed by atoms with Crippen molar-refractivity contribution >= 4 is 55.9 Å². The van der Waals surface area contributed by atoms with Gasteiger partial charge in [0, 0.05) is 34.7 Å². The summed E-state index contributed by atoms with van der Waals surface area (Å²) in [6, 6.07) is 17.9. The molecular weight excluding hydrogens is 696 g/mol. The first-order chi connectivity index (χ1) is 24.3. The van der Waals surface area contributed by atoms with E-state index in [1.165, 1.54) is 40.9 Å². The van der Waals surface area contributed by atoms with Gasteiger partial charge in [-0.15, -0.1) is 11.8 Å². The van der Waals surface area contributed by atoms with Crippen molar-refractivity contribution in [2.45, 2.75) is 55.4 Å². The predicted octanol–water partition coefficient (Wildman–Crippen LogP) is 2.86. The van der Waals surface area contributed by atoms with Crippen LogP contribution in [0.2, 0.25) is 0 Å². The molecule has 5 N–H and O–H groups in total. The molecule has 1 aliphatic heterocycles. The number of β-amino-alcohol motifs (C(OH)–C–C–N with tert-alkyl or cyclic N) is 1. The van der Waals surface area contributed by atoms with Crippen LogP contribution in [0.4, 0.5) is 10.1 Å². The molecule has 14 heteroatoms. The molecule has 51 heavy (non-hydrogen) atoms. The summed E-state index contributed by atoms with van der Waals surface area (Å²) in [6.45, 7) is 3.29. The van der Waals surface area contributed by atoms with E-state index in [4.69, 9.17) is 5.11 Å². The first kappa shape index (κ1) is 37.7. The highest BCUT2D eigenvalue weighted by Gasteiger charge is 2.34. The van der Waals surface area contributed by atoms with E-state index in [1.54, 1.807) is 80.6 Å². The highest BCUT2D eigenvalue weighted by molar-refractivity contribution is 7.99. The van der Waals surface area contributed by atoms with Crippen molar-refractivity contribution in [2.24, 2.45) is 0 Å². The van der Waals surface area contributed by atoms with Crippen molar-refractivity contribution in [3.8, 4) is 0 Å². The number of halogens is 1. The lowest BCUT2D eigenvalue weighted by molar-refractivity contribution is -0.128. The van der Waals surface area contributed by atoms with Crippen LogP contribution < -0.4 is 20.9 Å².